The van der Waals surface area contributed by atoms with Gasteiger partial charge in [-0.25, -0.2) is 9.97 Å². The number of anilines is 1. The van der Waals surface area contributed by atoms with Crippen LogP contribution in [0.15, 0.2) is 18.2 Å². The Morgan fingerprint density at radius 3 is 2.58 bits per heavy atom. The first-order chi connectivity index (χ1) is 9.06. The zero-order valence-corrected chi connectivity index (χ0v) is 11.3. The fourth-order valence-electron chi connectivity index (χ4n) is 2.01. The molecule has 100 valence electrons. The molecule has 5 heteroatoms. The van der Waals surface area contributed by atoms with Crippen LogP contribution in [0.1, 0.15) is 18.2 Å². The Morgan fingerprint density at radius 1 is 1.32 bits per heavy atom. The molecular weight excluding hydrogens is 242 g/mol. The molecule has 0 bridgehead atoms. The summed E-state index contributed by atoms with van der Waals surface area (Å²) in [7, 11) is 1.50. The lowest BCUT2D eigenvalue weighted by molar-refractivity contribution is 0.373. The quantitative estimate of drug-likeness (QED) is 0.884. The lowest BCUT2D eigenvalue weighted by Gasteiger charge is -2.10. The number of aromatic nitrogens is 2. The molecule has 2 rings (SSSR count). The molecule has 0 amide bonds. The van der Waals surface area contributed by atoms with Crippen molar-refractivity contribution in [3.8, 4) is 22.9 Å². The van der Waals surface area contributed by atoms with Gasteiger partial charge in [0.05, 0.1) is 7.11 Å². The molecule has 0 spiro atoms. The van der Waals surface area contributed by atoms with E-state index in [4.69, 9.17) is 10.5 Å². The van der Waals surface area contributed by atoms with E-state index in [1.54, 1.807) is 18.2 Å². The molecule has 1 heterocycles. The molecule has 2 aromatic rings. The summed E-state index contributed by atoms with van der Waals surface area (Å²) < 4.78 is 5.00. The van der Waals surface area contributed by atoms with Crippen LogP contribution in [0.4, 0.5) is 5.82 Å². The van der Waals surface area contributed by atoms with Gasteiger partial charge in [0.25, 0.3) is 0 Å². The number of hydrogen-bond acceptors (Lipinski definition) is 5. The van der Waals surface area contributed by atoms with E-state index in [0.717, 1.165) is 17.7 Å². The maximum Gasteiger partial charge on any atom is 0.161 e. The first-order valence-electron chi connectivity index (χ1n) is 6.07. The van der Waals surface area contributed by atoms with Gasteiger partial charge in [0.1, 0.15) is 5.82 Å². The summed E-state index contributed by atoms with van der Waals surface area (Å²) >= 11 is 0. The lowest BCUT2D eigenvalue weighted by atomic mass is 10.1. The molecule has 19 heavy (non-hydrogen) atoms. The van der Waals surface area contributed by atoms with Gasteiger partial charge in [-0.2, -0.15) is 0 Å². The molecule has 5 nitrogen and oxygen atoms in total. The van der Waals surface area contributed by atoms with Crippen LogP contribution >= 0.6 is 0 Å². The number of hydrogen-bond donors (Lipinski definition) is 2. The highest BCUT2D eigenvalue weighted by molar-refractivity contribution is 5.63. The van der Waals surface area contributed by atoms with E-state index < -0.39 is 0 Å². The highest BCUT2D eigenvalue weighted by atomic mass is 16.5. The first kappa shape index (κ1) is 13.1. The molecule has 0 fully saturated rings. The Hall–Kier alpha value is -2.30. The maximum absolute atomic E-state index is 9.78. The number of nitrogens with two attached hydrogens (primary N) is 1. The molecular formula is C14H17N3O2. The number of nitrogen functional groups attached to an aromatic ring is 1. The second-order valence-corrected chi connectivity index (χ2v) is 4.24. The SMILES string of the molecule is CCc1c(C)nc(-c2ccc(OC)c(O)c2)nc1N. The van der Waals surface area contributed by atoms with E-state index in [0.29, 0.717) is 23.0 Å². The summed E-state index contributed by atoms with van der Waals surface area (Å²) in [5, 5.41) is 9.78. The fraction of sp³-hybridized carbons (Fsp3) is 0.286. The molecule has 3 N–H and O–H groups in total. The zero-order valence-electron chi connectivity index (χ0n) is 11.3. The van der Waals surface area contributed by atoms with Crippen molar-refractivity contribution in [2.24, 2.45) is 0 Å². The third kappa shape index (κ3) is 2.45. The monoisotopic (exact) mass is 259 g/mol. The average molecular weight is 259 g/mol. The van der Waals surface area contributed by atoms with E-state index in [9.17, 15) is 5.11 Å². The van der Waals surface area contributed by atoms with Crippen LogP contribution in [0.5, 0.6) is 11.5 Å². The maximum atomic E-state index is 9.78. The number of phenols is 1. The smallest absolute Gasteiger partial charge is 0.161 e. The zero-order chi connectivity index (χ0) is 14.0. The van der Waals surface area contributed by atoms with Crippen molar-refractivity contribution < 1.29 is 9.84 Å². The van der Waals surface area contributed by atoms with Crippen LogP contribution in [-0.2, 0) is 6.42 Å². The van der Waals surface area contributed by atoms with Gasteiger partial charge >= 0.3 is 0 Å². The van der Waals surface area contributed by atoms with Crippen LogP contribution in [0.25, 0.3) is 11.4 Å². The molecule has 1 aromatic carbocycles. The topological polar surface area (TPSA) is 81.3 Å². The number of nitrogens with zero attached hydrogens (tertiary/aromatic N) is 2. The summed E-state index contributed by atoms with van der Waals surface area (Å²) in [6, 6.07) is 5.03. The average Bonchev–Trinajstić information content (AvgIpc) is 2.38. The number of benzene rings is 1. The molecule has 0 atom stereocenters. The molecule has 0 aliphatic carbocycles. The van der Waals surface area contributed by atoms with Crippen LogP contribution in [0.3, 0.4) is 0 Å². The van der Waals surface area contributed by atoms with Crippen molar-refractivity contribution in [1.29, 1.82) is 0 Å². The Kier molecular flexibility index (Phi) is 3.55. The van der Waals surface area contributed by atoms with Crippen molar-refractivity contribution in [2.75, 3.05) is 12.8 Å². The molecule has 0 aliphatic heterocycles. The van der Waals surface area contributed by atoms with E-state index in [1.165, 1.54) is 7.11 Å². The largest absolute Gasteiger partial charge is 0.504 e. The summed E-state index contributed by atoms with van der Waals surface area (Å²) in [5.41, 5.74) is 8.45. The Morgan fingerprint density at radius 2 is 2.05 bits per heavy atom. The van der Waals surface area contributed by atoms with Crippen LogP contribution in [-0.4, -0.2) is 22.2 Å². The van der Waals surface area contributed by atoms with E-state index in [-0.39, 0.29) is 5.75 Å². The van der Waals surface area contributed by atoms with Crippen molar-refractivity contribution >= 4 is 5.82 Å². The summed E-state index contributed by atoms with van der Waals surface area (Å²) in [6.45, 7) is 3.92. The van der Waals surface area contributed by atoms with E-state index >= 15 is 0 Å². The van der Waals surface area contributed by atoms with Gasteiger partial charge in [0, 0.05) is 16.8 Å². The Balaban J connectivity index is 2.50. The normalized spacial score (nSPS) is 10.5. The van der Waals surface area contributed by atoms with E-state index in [2.05, 4.69) is 9.97 Å². The Bertz CT molecular complexity index is 589. The minimum absolute atomic E-state index is 0.0550. The molecule has 0 saturated carbocycles. The van der Waals surface area contributed by atoms with Gasteiger partial charge in [-0.1, -0.05) is 6.92 Å². The molecule has 0 aliphatic rings. The predicted molar refractivity (Wildman–Crippen MR) is 74.2 cm³/mol. The minimum atomic E-state index is 0.0550. The molecule has 1 aromatic heterocycles. The van der Waals surface area contributed by atoms with Crippen LogP contribution in [0.2, 0.25) is 0 Å². The second-order valence-electron chi connectivity index (χ2n) is 4.24. The number of phenolic OH excluding ortho intramolecular Hbond substituents is 1. The van der Waals surface area contributed by atoms with Gasteiger partial charge in [-0.3, -0.25) is 0 Å². The summed E-state index contributed by atoms with van der Waals surface area (Å²) in [5.74, 6) is 1.46. The van der Waals surface area contributed by atoms with Gasteiger partial charge in [0.2, 0.25) is 0 Å². The van der Waals surface area contributed by atoms with Gasteiger partial charge < -0.3 is 15.6 Å². The standard InChI is InChI=1S/C14H17N3O2/c1-4-10-8(2)16-14(17-13(10)15)9-5-6-12(19-3)11(18)7-9/h5-7,18H,4H2,1-3H3,(H2,15,16,17). The van der Waals surface area contributed by atoms with Gasteiger partial charge in [0.15, 0.2) is 17.3 Å². The van der Waals surface area contributed by atoms with Crippen LogP contribution < -0.4 is 10.5 Å². The third-order valence-corrected chi connectivity index (χ3v) is 3.04. The molecule has 0 saturated heterocycles. The molecule has 0 radical (unpaired) electrons. The highest BCUT2D eigenvalue weighted by Crippen LogP contribution is 2.30. The fourth-order valence-corrected chi connectivity index (χ4v) is 2.01. The van der Waals surface area contributed by atoms with Gasteiger partial charge in [-0.05, 0) is 31.5 Å². The van der Waals surface area contributed by atoms with Crippen molar-refractivity contribution in [3.63, 3.8) is 0 Å². The predicted octanol–water partition coefficient (Wildman–Crippen LogP) is 2.31. The van der Waals surface area contributed by atoms with Crippen LogP contribution in [0, 0.1) is 6.92 Å². The first-order valence-corrected chi connectivity index (χ1v) is 6.07. The number of aryl methyl sites for hydroxylation is 1. The van der Waals surface area contributed by atoms with E-state index in [1.807, 2.05) is 13.8 Å². The summed E-state index contributed by atoms with van der Waals surface area (Å²) in [6.07, 6.45) is 0.797. The Labute approximate surface area is 112 Å². The number of ether oxygens (including phenoxy) is 1. The number of rotatable bonds is 3. The number of methoxy groups -OCH3 is 1. The van der Waals surface area contributed by atoms with Crippen molar-refractivity contribution in [3.05, 3.63) is 29.5 Å². The lowest BCUT2D eigenvalue weighted by Crippen LogP contribution is -2.04. The third-order valence-electron chi connectivity index (χ3n) is 3.04. The highest BCUT2D eigenvalue weighted by Gasteiger charge is 2.11. The van der Waals surface area contributed by atoms with Crippen molar-refractivity contribution in [2.45, 2.75) is 20.3 Å². The minimum Gasteiger partial charge on any atom is -0.504 e. The summed E-state index contributed by atoms with van der Waals surface area (Å²) in [4.78, 5) is 8.72. The van der Waals surface area contributed by atoms with Gasteiger partial charge in [-0.15, -0.1) is 0 Å². The molecule has 0 unspecified atom stereocenters. The number of aromatic hydroxyl groups is 1. The second kappa shape index (κ2) is 5.14. The van der Waals surface area contributed by atoms with Crippen molar-refractivity contribution in [1.82, 2.24) is 9.97 Å².